The molecule has 4 aromatic rings. The van der Waals surface area contributed by atoms with E-state index in [-0.39, 0.29) is 5.95 Å². The second kappa shape index (κ2) is 8.14. The zero-order valence-corrected chi connectivity index (χ0v) is 17.8. The van der Waals surface area contributed by atoms with Gasteiger partial charge in [-0.15, -0.1) is 0 Å². The Morgan fingerprint density at radius 3 is 2.75 bits per heavy atom. The summed E-state index contributed by atoms with van der Waals surface area (Å²) in [6.45, 7) is 3.79. The lowest BCUT2D eigenvalue weighted by Gasteiger charge is -2.39. The Morgan fingerprint density at radius 1 is 1.06 bits per heavy atom. The first-order valence-electron chi connectivity index (χ1n) is 11.3. The van der Waals surface area contributed by atoms with Crippen LogP contribution in [0.2, 0.25) is 0 Å². The zero-order valence-electron chi connectivity index (χ0n) is 17.8. The molecule has 2 aliphatic rings. The third kappa shape index (κ3) is 3.51. The van der Waals surface area contributed by atoms with Crippen LogP contribution in [0.3, 0.4) is 0 Å². The molecule has 0 radical (unpaired) electrons. The van der Waals surface area contributed by atoms with Crippen LogP contribution in [0.5, 0.6) is 0 Å². The Balaban J connectivity index is 1.25. The molecule has 0 amide bonds. The second-order valence-corrected chi connectivity index (χ2v) is 8.67. The molecule has 0 atom stereocenters. The van der Waals surface area contributed by atoms with E-state index in [1.54, 1.807) is 12.5 Å². The van der Waals surface area contributed by atoms with E-state index in [0.717, 1.165) is 67.1 Å². The topological polar surface area (TPSA) is 83.4 Å². The Morgan fingerprint density at radius 2 is 1.91 bits per heavy atom. The minimum absolute atomic E-state index is 0.377. The Labute approximate surface area is 184 Å². The number of pyridine rings is 1. The standard InChI is InChI=1S/C23H26FN7O/c24-19-12-25-20-6-1-15(13-31(19)20)18-11-26-22-21(18)23(28-14-27-22)29-16-2-4-17(5-3-16)30-7-9-32-10-8-30/h1,6,11-14,16-17H,2-5,7-10H2,(H2,26,27,28,29). The maximum atomic E-state index is 14.1. The first-order chi connectivity index (χ1) is 15.8. The predicted octanol–water partition coefficient (Wildman–Crippen LogP) is 3.47. The summed E-state index contributed by atoms with van der Waals surface area (Å²) < 4.78 is 21.0. The third-order valence-corrected chi connectivity index (χ3v) is 6.84. The molecule has 1 saturated carbocycles. The lowest BCUT2D eigenvalue weighted by Crippen LogP contribution is -2.46. The molecule has 2 fully saturated rings. The number of imidazole rings is 1. The first-order valence-corrected chi connectivity index (χ1v) is 11.3. The van der Waals surface area contributed by atoms with Crippen molar-refractivity contribution in [1.29, 1.82) is 0 Å². The summed E-state index contributed by atoms with van der Waals surface area (Å²) in [5, 5.41) is 4.61. The molecule has 0 unspecified atom stereocenters. The van der Waals surface area contributed by atoms with E-state index in [1.165, 1.54) is 23.4 Å². The van der Waals surface area contributed by atoms with Gasteiger partial charge in [0.1, 0.15) is 23.4 Å². The lowest BCUT2D eigenvalue weighted by atomic mass is 9.90. The van der Waals surface area contributed by atoms with Gasteiger partial charge in [-0.25, -0.2) is 15.0 Å². The smallest absolute Gasteiger partial charge is 0.217 e. The number of hydrogen-bond donors (Lipinski definition) is 2. The molecule has 32 heavy (non-hydrogen) atoms. The number of aromatic nitrogens is 5. The van der Waals surface area contributed by atoms with Crippen molar-refractivity contribution in [3.63, 3.8) is 0 Å². The summed E-state index contributed by atoms with van der Waals surface area (Å²) in [6.07, 6.45) is 11.1. The quantitative estimate of drug-likeness (QED) is 0.511. The molecule has 9 heteroatoms. The fourth-order valence-electron chi connectivity index (χ4n) is 5.13. The highest BCUT2D eigenvalue weighted by Gasteiger charge is 2.27. The van der Waals surface area contributed by atoms with Crippen molar-refractivity contribution in [2.75, 3.05) is 31.6 Å². The van der Waals surface area contributed by atoms with Crippen LogP contribution in [0.4, 0.5) is 10.2 Å². The average Bonchev–Trinajstić information content (AvgIpc) is 3.44. The summed E-state index contributed by atoms with van der Waals surface area (Å²) in [7, 11) is 0. The van der Waals surface area contributed by atoms with Gasteiger partial charge >= 0.3 is 0 Å². The van der Waals surface area contributed by atoms with Crippen molar-refractivity contribution in [2.45, 2.75) is 37.8 Å². The van der Waals surface area contributed by atoms with E-state index < -0.39 is 0 Å². The highest BCUT2D eigenvalue weighted by molar-refractivity contribution is 6.00. The van der Waals surface area contributed by atoms with Gasteiger partial charge in [0.15, 0.2) is 0 Å². The number of anilines is 1. The van der Waals surface area contributed by atoms with Crippen molar-refractivity contribution in [2.24, 2.45) is 0 Å². The number of H-pyrrole nitrogens is 1. The molecule has 5 heterocycles. The molecule has 1 aliphatic carbocycles. The second-order valence-electron chi connectivity index (χ2n) is 8.67. The molecule has 0 bridgehead atoms. The maximum Gasteiger partial charge on any atom is 0.217 e. The van der Waals surface area contributed by atoms with Gasteiger partial charge in [0.2, 0.25) is 5.95 Å². The number of hydrogen-bond acceptors (Lipinski definition) is 6. The fraction of sp³-hybridized carbons (Fsp3) is 0.435. The van der Waals surface area contributed by atoms with E-state index in [1.807, 2.05) is 18.3 Å². The van der Waals surface area contributed by atoms with Gasteiger partial charge in [0.25, 0.3) is 0 Å². The molecule has 0 spiro atoms. The molecule has 1 aliphatic heterocycles. The number of ether oxygens (including phenoxy) is 1. The third-order valence-electron chi connectivity index (χ3n) is 6.84. The number of nitrogens with one attached hydrogen (secondary N) is 2. The molecular weight excluding hydrogens is 409 g/mol. The predicted molar refractivity (Wildman–Crippen MR) is 120 cm³/mol. The first kappa shape index (κ1) is 19.6. The van der Waals surface area contributed by atoms with Gasteiger partial charge in [-0.2, -0.15) is 4.39 Å². The molecule has 6 rings (SSSR count). The number of fused-ring (bicyclic) bond motifs is 2. The number of nitrogens with zero attached hydrogens (tertiary/aromatic N) is 5. The summed E-state index contributed by atoms with van der Waals surface area (Å²) >= 11 is 0. The van der Waals surface area contributed by atoms with Crippen LogP contribution in [0.1, 0.15) is 25.7 Å². The normalized spacial score (nSPS) is 22.5. The van der Waals surface area contributed by atoms with Gasteiger partial charge in [0.05, 0.1) is 24.8 Å². The molecule has 4 aromatic heterocycles. The summed E-state index contributed by atoms with van der Waals surface area (Å²) in [4.78, 5) is 18.9. The van der Waals surface area contributed by atoms with Crippen LogP contribution >= 0.6 is 0 Å². The van der Waals surface area contributed by atoms with Gasteiger partial charge in [-0.3, -0.25) is 9.30 Å². The molecule has 8 nitrogen and oxygen atoms in total. The maximum absolute atomic E-state index is 14.1. The molecule has 166 valence electrons. The lowest BCUT2D eigenvalue weighted by molar-refractivity contribution is 0.00791. The van der Waals surface area contributed by atoms with Crippen molar-refractivity contribution < 1.29 is 9.13 Å². The number of halogens is 1. The minimum atomic E-state index is -0.381. The van der Waals surface area contributed by atoms with Gasteiger partial charge in [-0.1, -0.05) is 0 Å². The molecule has 0 aromatic carbocycles. The zero-order chi connectivity index (χ0) is 21.5. The van der Waals surface area contributed by atoms with Crippen molar-refractivity contribution in [3.05, 3.63) is 43.0 Å². The van der Waals surface area contributed by atoms with E-state index in [2.05, 4.69) is 30.2 Å². The van der Waals surface area contributed by atoms with Crippen molar-refractivity contribution in [3.8, 4) is 11.1 Å². The van der Waals surface area contributed by atoms with E-state index >= 15 is 0 Å². The van der Waals surface area contributed by atoms with Crippen LogP contribution in [-0.4, -0.2) is 67.6 Å². The van der Waals surface area contributed by atoms with Crippen LogP contribution in [0.25, 0.3) is 27.8 Å². The monoisotopic (exact) mass is 435 g/mol. The fourth-order valence-corrected chi connectivity index (χ4v) is 5.13. The van der Waals surface area contributed by atoms with Crippen molar-refractivity contribution >= 4 is 22.5 Å². The van der Waals surface area contributed by atoms with Gasteiger partial charge in [-0.05, 0) is 37.8 Å². The van der Waals surface area contributed by atoms with Gasteiger partial charge in [0, 0.05) is 48.7 Å². The molecule has 2 N–H and O–H groups in total. The average molecular weight is 436 g/mol. The van der Waals surface area contributed by atoms with Crippen LogP contribution in [0, 0.1) is 5.95 Å². The molecular formula is C23H26FN7O. The molecule has 1 saturated heterocycles. The van der Waals surface area contributed by atoms with Crippen molar-refractivity contribution in [1.82, 2.24) is 29.2 Å². The minimum Gasteiger partial charge on any atom is -0.379 e. The largest absolute Gasteiger partial charge is 0.379 e. The highest BCUT2D eigenvalue weighted by Crippen LogP contribution is 2.34. The number of aromatic amines is 1. The van der Waals surface area contributed by atoms with E-state index in [0.29, 0.717) is 17.7 Å². The Bertz CT molecular complexity index is 1240. The summed E-state index contributed by atoms with van der Waals surface area (Å²) in [5.41, 5.74) is 3.18. The Kier molecular flexibility index (Phi) is 4.99. The van der Waals surface area contributed by atoms with E-state index in [9.17, 15) is 4.39 Å². The Hall–Kier alpha value is -3.04. The number of morpholine rings is 1. The van der Waals surface area contributed by atoms with Crippen LogP contribution in [-0.2, 0) is 4.74 Å². The SMILES string of the molecule is Fc1cnc2ccc(-c3c[nH]c4ncnc(NC5CCC(N6CCOCC6)CC5)c34)cn12. The summed E-state index contributed by atoms with van der Waals surface area (Å²) in [6, 6.07) is 4.80. The number of rotatable bonds is 4. The van der Waals surface area contributed by atoms with Crippen LogP contribution < -0.4 is 5.32 Å². The van der Waals surface area contributed by atoms with Gasteiger partial charge < -0.3 is 15.0 Å². The summed E-state index contributed by atoms with van der Waals surface area (Å²) in [5.74, 6) is 0.445. The van der Waals surface area contributed by atoms with E-state index in [4.69, 9.17) is 4.74 Å². The van der Waals surface area contributed by atoms with Crippen LogP contribution in [0.15, 0.2) is 37.1 Å². The highest BCUT2D eigenvalue weighted by atomic mass is 19.1.